The van der Waals surface area contributed by atoms with Crippen LogP contribution in [-0.4, -0.2) is 4.98 Å². The normalized spacial score (nSPS) is 11.9. The third kappa shape index (κ3) is 2.70. The van der Waals surface area contributed by atoms with Crippen molar-refractivity contribution >= 4 is 22.7 Å². The first-order chi connectivity index (χ1) is 7.58. The van der Waals surface area contributed by atoms with Crippen LogP contribution in [0.2, 0.25) is 0 Å². The molecule has 0 amide bonds. The first-order valence-corrected chi connectivity index (χ1v) is 6.98. The molecule has 0 radical (unpaired) electrons. The van der Waals surface area contributed by atoms with Crippen LogP contribution in [0.5, 0.6) is 0 Å². The predicted molar refractivity (Wildman–Crippen MR) is 71.0 cm³/mol. The van der Waals surface area contributed by atoms with Crippen LogP contribution in [0.4, 0.5) is 0 Å². The molecule has 0 saturated heterocycles. The largest absolute Gasteiger partial charge is 0.301 e. The zero-order chi connectivity index (χ0) is 11.6. The molecule has 2 aromatic heterocycles. The molecule has 2 heterocycles. The van der Waals surface area contributed by atoms with E-state index in [2.05, 4.69) is 43.2 Å². The smallest absolute Gasteiger partial charge is 0.112 e. The Morgan fingerprint density at radius 2 is 2.19 bits per heavy atom. The molecule has 0 unspecified atom stereocenters. The van der Waals surface area contributed by atoms with Crippen LogP contribution in [0.3, 0.4) is 0 Å². The van der Waals surface area contributed by atoms with Gasteiger partial charge in [-0.1, -0.05) is 0 Å². The van der Waals surface area contributed by atoms with Crippen LogP contribution in [0.15, 0.2) is 23.7 Å². The fraction of sp³-hybridized carbons (Fsp3) is 0.417. The van der Waals surface area contributed by atoms with Gasteiger partial charge < -0.3 is 5.32 Å². The Labute approximate surface area is 104 Å². The van der Waals surface area contributed by atoms with E-state index in [1.807, 2.05) is 22.9 Å². The molecule has 2 rings (SSSR count). The van der Waals surface area contributed by atoms with Crippen LogP contribution in [-0.2, 0) is 12.1 Å². The maximum absolute atomic E-state index is 4.36. The van der Waals surface area contributed by atoms with Gasteiger partial charge in [0.05, 0.1) is 5.54 Å². The molecule has 0 saturated carbocycles. The Bertz CT molecular complexity index is 443. The van der Waals surface area contributed by atoms with Gasteiger partial charge in [0, 0.05) is 27.9 Å². The van der Waals surface area contributed by atoms with Crippen molar-refractivity contribution in [3.8, 4) is 0 Å². The number of nitrogens with one attached hydrogen (secondary N) is 1. The molecule has 0 aromatic carbocycles. The number of rotatable bonds is 4. The van der Waals surface area contributed by atoms with Crippen LogP contribution < -0.4 is 5.32 Å². The van der Waals surface area contributed by atoms with Crippen LogP contribution in [0.25, 0.3) is 0 Å². The Hall–Kier alpha value is -0.710. The lowest BCUT2D eigenvalue weighted by Gasteiger charge is -2.23. The van der Waals surface area contributed by atoms with Crippen molar-refractivity contribution in [3.05, 3.63) is 38.5 Å². The molecule has 0 aliphatic rings. The quantitative estimate of drug-likeness (QED) is 0.900. The molecule has 0 aliphatic carbocycles. The van der Waals surface area contributed by atoms with Crippen molar-refractivity contribution in [3.63, 3.8) is 0 Å². The molecule has 86 valence electrons. The molecule has 2 nitrogen and oxygen atoms in total. The lowest BCUT2D eigenvalue weighted by Crippen LogP contribution is -2.35. The van der Waals surface area contributed by atoms with Gasteiger partial charge in [0.25, 0.3) is 0 Å². The molecule has 0 atom stereocenters. The lowest BCUT2D eigenvalue weighted by molar-refractivity contribution is 0.401. The van der Waals surface area contributed by atoms with E-state index in [0.717, 1.165) is 11.6 Å². The Balaban J connectivity index is 2.00. The summed E-state index contributed by atoms with van der Waals surface area (Å²) in [6.07, 6.45) is 1.86. The number of aryl methyl sites for hydroxylation is 1. The van der Waals surface area contributed by atoms with Crippen LogP contribution in [0, 0.1) is 6.92 Å². The van der Waals surface area contributed by atoms with E-state index >= 15 is 0 Å². The predicted octanol–water partition coefficient (Wildman–Crippen LogP) is 3.54. The second kappa shape index (κ2) is 4.65. The maximum atomic E-state index is 4.36. The van der Waals surface area contributed by atoms with Gasteiger partial charge in [-0.2, -0.15) is 0 Å². The number of thiazole rings is 1. The number of aromatic nitrogens is 1. The van der Waals surface area contributed by atoms with Crippen molar-refractivity contribution < 1.29 is 0 Å². The van der Waals surface area contributed by atoms with Crippen molar-refractivity contribution in [2.24, 2.45) is 0 Å². The maximum Gasteiger partial charge on any atom is 0.112 e. The van der Waals surface area contributed by atoms with Crippen molar-refractivity contribution in [1.82, 2.24) is 10.3 Å². The second-order valence-electron chi connectivity index (χ2n) is 4.33. The highest BCUT2D eigenvalue weighted by molar-refractivity contribution is 7.11. The van der Waals surface area contributed by atoms with E-state index in [0.29, 0.717) is 0 Å². The molecular formula is C12H16N2S2. The van der Waals surface area contributed by atoms with Gasteiger partial charge in [0.2, 0.25) is 0 Å². The van der Waals surface area contributed by atoms with Gasteiger partial charge in [-0.25, -0.2) is 4.98 Å². The zero-order valence-corrected chi connectivity index (χ0v) is 11.4. The van der Waals surface area contributed by atoms with Crippen molar-refractivity contribution in [2.45, 2.75) is 32.9 Å². The zero-order valence-electron chi connectivity index (χ0n) is 9.78. The average molecular weight is 252 g/mol. The minimum Gasteiger partial charge on any atom is -0.301 e. The van der Waals surface area contributed by atoms with Gasteiger partial charge in [0.1, 0.15) is 5.01 Å². The van der Waals surface area contributed by atoms with Crippen LogP contribution in [0.1, 0.15) is 28.6 Å². The van der Waals surface area contributed by atoms with Crippen molar-refractivity contribution in [2.75, 3.05) is 0 Å². The molecular weight excluding hydrogens is 236 g/mol. The number of hydrogen-bond donors (Lipinski definition) is 1. The third-order valence-corrected chi connectivity index (χ3v) is 4.57. The van der Waals surface area contributed by atoms with E-state index in [1.54, 1.807) is 11.3 Å². The Morgan fingerprint density at radius 3 is 2.75 bits per heavy atom. The SMILES string of the molecule is Cc1ccc(CNC(C)(C)c2nccs2)s1. The van der Waals surface area contributed by atoms with Gasteiger partial charge in [0.15, 0.2) is 0 Å². The highest BCUT2D eigenvalue weighted by Crippen LogP contribution is 2.23. The van der Waals surface area contributed by atoms with E-state index in [1.165, 1.54) is 9.75 Å². The minimum atomic E-state index is -0.0495. The van der Waals surface area contributed by atoms with Gasteiger partial charge in [-0.3, -0.25) is 0 Å². The molecule has 2 aromatic rings. The first kappa shape index (κ1) is 11.8. The first-order valence-electron chi connectivity index (χ1n) is 5.28. The summed E-state index contributed by atoms with van der Waals surface area (Å²) in [5, 5.41) is 6.71. The van der Waals surface area contributed by atoms with Gasteiger partial charge >= 0.3 is 0 Å². The summed E-state index contributed by atoms with van der Waals surface area (Å²) < 4.78 is 0. The molecule has 4 heteroatoms. The third-order valence-electron chi connectivity index (χ3n) is 2.47. The molecule has 0 fully saturated rings. The second-order valence-corrected chi connectivity index (χ2v) is 6.60. The average Bonchev–Trinajstić information content (AvgIpc) is 2.85. The molecule has 0 spiro atoms. The number of nitrogens with zero attached hydrogens (tertiary/aromatic N) is 1. The molecule has 16 heavy (non-hydrogen) atoms. The molecule has 0 aliphatic heterocycles. The summed E-state index contributed by atoms with van der Waals surface area (Å²) in [6, 6.07) is 4.35. The lowest BCUT2D eigenvalue weighted by atomic mass is 10.1. The standard InChI is InChI=1S/C12H16N2S2/c1-9-4-5-10(16-9)8-14-12(2,3)11-13-6-7-15-11/h4-7,14H,8H2,1-3H3. The van der Waals surface area contributed by atoms with E-state index in [9.17, 15) is 0 Å². The number of thiophene rings is 1. The monoisotopic (exact) mass is 252 g/mol. The summed E-state index contributed by atoms with van der Waals surface area (Å²) in [4.78, 5) is 7.11. The summed E-state index contributed by atoms with van der Waals surface area (Å²) in [6.45, 7) is 7.39. The van der Waals surface area contributed by atoms with Crippen LogP contribution >= 0.6 is 22.7 Å². The van der Waals surface area contributed by atoms with E-state index < -0.39 is 0 Å². The van der Waals surface area contributed by atoms with E-state index in [4.69, 9.17) is 0 Å². The minimum absolute atomic E-state index is 0.0495. The highest BCUT2D eigenvalue weighted by atomic mass is 32.1. The van der Waals surface area contributed by atoms with Crippen molar-refractivity contribution in [1.29, 1.82) is 0 Å². The summed E-state index contributed by atoms with van der Waals surface area (Å²) in [5.74, 6) is 0. The van der Waals surface area contributed by atoms with Gasteiger partial charge in [-0.15, -0.1) is 22.7 Å². The van der Waals surface area contributed by atoms with E-state index in [-0.39, 0.29) is 5.54 Å². The molecule has 1 N–H and O–H groups in total. The fourth-order valence-corrected chi connectivity index (χ4v) is 3.07. The summed E-state index contributed by atoms with van der Waals surface area (Å²) >= 11 is 3.55. The fourth-order valence-electron chi connectivity index (χ4n) is 1.50. The summed E-state index contributed by atoms with van der Waals surface area (Å²) in [7, 11) is 0. The Morgan fingerprint density at radius 1 is 1.38 bits per heavy atom. The Kier molecular flexibility index (Phi) is 3.42. The number of hydrogen-bond acceptors (Lipinski definition) is 4. The van der Waals surface area contributed by atoms with Gasteiger partial charge in [-0.05, 0) is 32.9 Å². The molecule has 0 bridgehead atoms. The topological polar surface area (TPSA) is 24.9 Å². The summed E-state index contributed by atoms with van der Waals surface area (Å²) in [5.41, 5.74) is -0.0495. The highest BCUT2D eigenvalue weighted by Gasteiger charge is 2.22.